The van der Waals surface area contributed by atoms with Crippen molar-refractivity contribution in [2.75, 3.05) is 32.7 Å². The fraction of sp³-hybridized carbons (Fsp3) is 0.400. The van der Waals surface area contributed by atoms with Crippen molar-refractivity contribution < 1.29 is 14.3 Å². The Morgan fingerprint density at radius 3 is 2.83 bits per heavy atom. The molecule has 0 saturated carbocycles. The van der Waals surface area contributed by atoms with Crippen LogP contribution in [-0.4, -0.2) is 70.3 Å². The minimum atomic E-state index is -0.0446. The van der Waals surface area contributed by atoms with Crippen LogP contribution in [0.2, 0.25) is 0 Å². The highest BCUT2D eigenvalue weighted by molar-refractivity contribution is 5.94. The highest BCUT2D eigenvalue weighted by atomic mass is 35.5. The molecule has 3 heterocycles. The monoisotopic (exact) mass is 453 g/mol. The molecule has 1 aromatic heterocycles. The standard InChI is InChI=1S/C20H23N5O3.2ClH/c26-19-13-22-8-10-25(19)16-4-2-9-24(14-16)20(27)15-3-1-5-17(11-15)28-18-12-21-6-7-23-18;;/h1,3,5-7,11-12,16,22H,2,4,8-10,13-14H2;2*1H. The molecule has 0 aliphatic carbocycles. The minimum absolute atomic E-state index is 0. The predicted molar refractivity (Wildman–Crippen MR) is 117 cm³/mol. The number of nitrogens with zero attached hydrogens (tertiary/aromatic N) is 4. The van der Waals surface area contributed by atoms with Gasteiger partial charge >= 0.3 is 0 Å². The number of hydrogen-bond acceptors (Lipinski definition) is 6. The summed E-state index contributed by atoms with van der Waals surface area (Å²) < 4.78 is 5.68. The fourth-order valence-corrected chi connectivity index (χ4v) is 3.73. The molecule has 1 aromatic carbocycles. The summed E-state index contributed by atoms with van der Waals surface area (Å²) in [5, 5.41) is 3.09. The number of piperazine rings is 1. The Hall–Kier alpha value is -2.42. The van der Waals surface area contributed by atoms with E-state index < -0.39 is 0 Å². The van der Waals surface area contributed by atoms with Crippen molar-refractivity contribution in [1.82, 2.24) is 25.1 Å². The fourth-order valence-electron chi connectivity index (χ4n) is 3.73. The van der Waals surface area contributed by atoms with Crippen LogP contribution >= 0.6 is 24.8 Å². The van der Waals surface area contributed by atoms with Gasteiger partial charge in [0.05, 0.1) is 12.7 Å². The molecule has 1 atom stereocenters. The molecule has 162 valence electrons. The zero-order chi connectivity index (χ0) is 19.3. The third kappa shape index (κ3) is 5.59. The van der Waals surface area contributed by atoms with Crippen molar-refractivity contribution in [1.29, 1.82) is 0 Å². The summed E-state index contributed by atoms with van der Waals surface area (Å²) in [6, 6.07) is 7.16. The van der Waals surface area contributed by atoms with Crippen LogP contribution in [0, 0.1) is 0 Å². The lowest BCUT2D eigenvalue weighted by molar-refractivity contribution is -0.135. The van der Waals surface area contributed by atoms with Crippen molar-refractivity contribution in [3.05, 3.63) is 48.4 Å². The summed E-state index contributed by atoms with van der Waals surface area (Å²) in [7, 11) is 0. The van der Waals surface area contributed by atoms with Gasteiger partial charge in [-0.1, -0.05) is 6.07 Å². The summed E-state index contributed by atoms with van der Waals surface area (Å²) in [6.07, 6.45) is 6.47. The molecule has 1 N–H and O–H groups in total. The quantitative estimate of drug-likeness (QED) is 0.762. The summed E-state index contributed by atoms with van der Waals surface area (Å²) in [5.74, 6) is 0.987. The van der Waals surface area contributed by atoms with Crippen molar-refractivity contribution in [3.8, 4) is 11.6 Å². The van der Waals surface area contributed by atoms with Gasteiger partial charge in [0.15, 0.2) is 0 Å². The van der Waals surface area contributed by atoms with E-state index >= 15 is 0 Å². The molecular formula is C20H25Cl2N5O3. The second-order valence-corrected chi connectivity index (χ2v) is 6.98. The normalized spacial score (nSPS) is 18.8. The lowest BCUT2D eigenvalue weighted by atomic mass is 10.0. The Kier molecular flexibility index (Phi) is 8.83. The molecule has 0 radical (unpaired) electrons. The second-order valence-electron chi connectivity index (χ2n) is 6.98. The number of aromatic nitrogens is 2. The Morgan fingerprint density at radius 2 is 2.07 bits per heavy atom. The molecule has 4 rings (SSSR count). The molecule has 2 fully saturated rings. The van der Waals surface area contributed by atoms with Crippen LogP contribution in [0.4, 0.5) is 0 Å². The van der Waals surface area contributed by atoms with Gasteiger partial charge in [0.25, 0.3) is 5.91 Å². The molecule has 0 spiro atoms. The van der Waals surface area contributed by atoms with E-state index in [1.807, 2.05) is 9.80 Å². The Bertz CT molecular complexity index is 855. The average Bonchev–Trinajstić information content (AvgIpc) is 2.74. The molecule has 2 amide bonds. The van der Waals surface area contributed by atoms with Gasteiger partial charge in [-0.3, -0.25) is 14.6 Å². The number of carbonyl (C=O) groups excluding carboxylic acids is 2. The number of halogens is 2. The molecule has 10 heteroatoms. The van der Waals surface area contributed by atoms with Gasteiger partial charge in [0.2, 0.25) is 11.8 Å². The van der Waals surface area contributed by atoms with E-state index in [0.29, 0.717) is 43.4 Å². The maximum Gasteiger partial charge on any atom is 0.254 e. The van der Waals surface area contributed by atoms with Gasteiger partial charge in [0.1, 0.15) is 5.75 Å². The maximum atomic E-state index is 13.0. The van der Waals surface area contributed by atoms with E-state index in [9.17, 15) is 9.59 Å². The van der Waals surface area contributed by atoms with Crippen LogP contribution < -0.4 is 10.1 Å². The third-order valence-corrected chi connectivity index (χ3v) is 5.09. The number of likely N-dealkylation sites (tertiary alicyclic amines) is 1. The average molecular weight is 454 g/mol. The second kappa shape index (κ2) is 11.1. The Balaban J connectivity index is 0.00000160. The Morgan fingerprint density at radius 1 is 1.20 bits per heavy atom. The first-order valence-corrected chi connectivity index (χ1v) is 9.54. The van der Waals surface area contributed by atoms with Crippen LogP contribution in [0.3, 0.4) is 0 Å². The summed E-state index contributed by atoms with van der Waals surface area (Å²) in [4.78, 5) is 37.0. The zero-order valence-corrected chi connectivity index (χ0v) is 18.0. The van der Waals surface area contributed by atoms with E-state index in [1.54, 1.807) is 36.7 Å². The van der Waals surface area contributed by atoms with Gasteiger partial charge in [0, 0.05) is 50.2 Å². The van der Waals surface area contributed by atoms with E-state index in [0.717, 1.165) is 19.4 Å². The van der Waals surface area contributed by atoms with Crippen molar-refractivity contribution >= 4 is 36.6 Å². The first-order chi connectivity index (χ1) is 13.7. The lowest BCUT2D eigenvalue weighted by Gasteiger charge is -2.41. The lowest BCUT2D eigenvalue weighted by Crippen LogP contribution is -2.57. The number of rotatable bonds is 4. The van der Waals surface area contributed by atoms with Crippen LogP contribution in [0.1, 0.15) is 23.2 Å². The highest BCUT2D eigenvalue weighted by Crippen LogP contribution is 2.23. The van der Waals surface area contributed by atoms with Crippen molar-refractivity contribution in [2.45, 2.75) is 18.9 Å². The SMILES string of the molecule is Cl.Cl.O=C(c1cccc(Oc2cnccn2)c1)N1CCCC(N2CCNCC2=O)C1. The minimum Gasteiger partial charge on any atom is -0.437 e. The van der Waals surface area contributed by atoms with Crippen LogP contribution in [0.15, 0.2) is 42.9 Å². The highest BCUT2D eigenvalue weighted by Gasteiger charge is 2.32. The molecule has 2 aromatic rings. The molecule has 0 bridgehead atoms. The van der Waals surface area contributed by atoms with Gasteiger partial charge < -0.3 is 19.9 Å². The predicted octanol–water partition coefficient (Wildman–Crippen LogP) is 2.15. The van der Waals surface area contributed by atoms with E-state index in [4.69, 9.17) is 4.74 Å². The van der Waals surface area contributed by atoms with E-state index in [-0.39, 0.29) is 42.7 Å². The number of benzene rings is 1. The molecule has 2 aliphatic heterocycles. The van der Waals surface area contributed by atoms with Crippen LogP contribution in [0.25, 0.3) is 0 Å². The smallest absolute Gasteiger partial charge is 0.254 e. The number of piperidine rings is 1. The zero-order valence-electron chi connectivity index (χ0n) is 16.4. The molecule has 2 aliphatic rings. The number of amides is 2. The summed E-state index contributed by atoms with van der Waals surface area (Å²) in [6.45, 7) is 3.15. The first-order valence-electron chi connectivity index (χ1n) is 9.54. The molecule has 1 unspecified atom stereocenters. The number of nitrogens with one attached hydrogen (secondary N) is 1. The first kappa shape index (κ1) is 23.9. The van der Waals surface area contributed by atoms with Crippen LogP contribution in [0.5, 0.6) is 11.6 Å². The van der Waals surface area contributed by atoms with E-state index in [2.05, 4.69) is 15.3 Å². The molecular weight excluding hydrogens is 429 g/mol. The maximum absolute atomic E-state index is 13.0. The van der Waals surface area contributed by atoms with Crippen molar-refractivity contribution in [2.24, 2.45) is 0 Å². The number of carbonyl (C=O) groups is 2. The third-order valence-electron chi connectivity index (χ3n) is 5.09. The summed E-state index contributed by atoms with van der Waals surface area (Å²) >= 11 is 0. The van der Waals surface area contributed by atoms with Gasteiger partial charge in [-0.05, 0) is 31.0 Å². The Labute approximate surface area is 187 Å². The van der Waals surface area contributed by atoms with Gasteiger partial charge in [-0.15, -0.1) is 24.8 Å². The largest absolute Gasteiger partial charge is 0.437 e. The number of ether oxygens (including phenoxy) is 1. The topological polar surface area (TPSA) is 87.7 Å². The molecule has 2 saturated heterocycles. The van der Waals surface area contributed by atoms with Gasteiger partial charge in [-0.2, -0.15) is 0 Å². The summed E-state index contributed by atoms with van der Waals surface area (Å²) in [5.41, 5.74) is 0.564. The van der Waals surface area contributed by atoms with Gasteiger partial charge in [-0.25, -0.2) is 4.98 Å². The van der Waals surface area contributed by atoms with E-state index in [1.165, 1.54) is 6.20 Å². The number of hydrogen-bond donors (Lipinski definition) is 1. The molecule has 8 nitrogen and oxygen atoms in total. The van der Waals surface area contributed by atoms with Crippen LogP contribution in [-0.2, 0) is 4.79 Å². The van der Waals surface area contributed by atoms with Crippen molar-refractivity contribution in [3.63, 3.8) is 0 Å². The molecule has 30 heavy (non-hydrogen) atoms.